The third-order valence-corrected chi connectivity index (χ3v) is 9.59. The molecule has 1 aromatic carbocycles. The van der Waals surface area contributed by atoms with Gasteiger partial charge in [0, 0.05) is 30.0 Å². The zero-order chi connectivity index (χ0) is 25.9. The van der Waals surface area contributed by atoms with E-state index in [-0.39, 0.29) is 24.6 Å². The van der Waals surface area contributed by atoms with Gasteiger partial charge in [0.2, 0.25) is 10.0 Å². The van der Waals surface area contributed by atoms with Crippen LogP contribution in [0.15, 0.2) is 40.2 Å². The number of fused-ring (bicyclic) bond motifs is 2. The van der Waals surface area contributed by atoms with E-state index in [0.29, 0.717) is 45.7 Å². The normalized spacial score (nSPS) is 23.9. The van der Waals surface area contributed by atoms with E-state index in [1.54, 1.807) is 30.5 Å². The van der Waals surface area contributed by atoms with Crippen LogP contribution in [0.25, 0.3) is 10.9 Å². The lowest BCUT2D eigenvalue weighted by Crippen LogP contribution is -2.41. The Hall–Kier alpha value is -3.20. The van der Waals surface area contributed by atoms with Crippen LogP contribution in [0, 0.1) is 11.3 Å². The van der Waals surface area contributed by atoms with Crippen molar-refractivity contribution < 1.29 is 8.42 Å². The number of nitrogens with one attached hydrogen (secondary N) is 2. The van der Waals surface area contributed by atoms with E-state index in [1.807, 2.05) is 25.5 Å². The number of hydrogen-bond acceptors (Lipinski definition) is 7. The summed E-state index contributed by atoms with van der Waals surface area (Å²) in [6.07, 6.45) is 4.80. The molecule has 2 aliphatic rings. The molecule has 0 radical (unpaired) electrons. The van der Waals surface area contributed by atoms with E-state index < -0.39 is 21.1 Å². The third-order valence-electron chi connectivity index (χ3n) is 7.38. The average molecular weight is 510 g/mol. The maximum atomic E-state index is 13.0. The Morgan fingerprint density at radius 1 is 1.28 bits per heavy atom. The van der Waals surface area contributed by atoms with Gasteiger partial charge in [-0.15, -0.1) is 0 Å². The van der Waals surface area contributed by atoms with Crippen LogP contribution < -0.4 is 16.6 Å². The highest BCUT2D eigenvalue weighted by molar-refractivity contribution is 7.89. The van der Waals surface area contributed by atoms with E-state index in [0.717, 1.165) is 12.8 Å². The van der Waals surface area contributed by atoms with Crippen LogP contribution in [0.5, 0.6) is 0 Å². The Labute approximate surface area is 210 Å². The van der Waals surface area contributed by atoms with Crippen molar-refractivity contribution in [2.75, 3.05) is 5.32 Å². The number of nitrogens with two attached hydrogens (primary N) is 1. The van der Waals surface area contributed by atoms with Gasteiger partial charge in [0.15, 0.2) is 5.82 Å². The van der Waals surface area contributed by atoms with Gasteiger partial charge in [-0.1, -0.05) is 0 Å². The molecule has 0 saturated heterocycles. The Balaban J connectivity index is 1.58. The summed E-state index contributed by atoms with van der Waals surface area (Å²) in [5.74, 6) is 0.368. The van der Waals surface area contributed by atoms with Crippen molar-refractivity contribution in [3.63, 3.8) is 0 Å². The molecule has 3 aromatic rings. The highest BCUT2D eigenvalue weighted by Gasteiger charge is 2.41. The van der Waals surface area contributed by atoms with Gasteiger partial charge in [0.25, 0.3) is 5.56 Å². The van der Waals surface area contributed by atoms with Crippen molar-refractivity contribution in [1.82, 2.24) is 19.1 Å². The summed E-state index contributed by atoms with van der Waals surface area (Å²) in [6, 6.07) is 9.30. The smallest absolute Gasteiger partial charge is 0.261 e. The fourth-order valence-corrected chi connectivity index (χ4v) is 7.40. The molecule has 1 fully saturated rings. The van der Waals surface area contributed by atoms with Gasteiger partial charge < -0.3 is 16.0 Å². The molecule has 4 N–H and O–H groups in total. The van der Waals surface area contributed by atoms with Crippen LogP contribution in [-0.2, 0) is 22.1 Å². The number of benzene rings is 1. The minimum absolute atomic E-state index is 0.0926. The zero-order valence-electron chi connectivity index (χ0n) is 20.7. The third kappa shape index (κ3) is 3.89. The Morgan fingerprint density at radius 2 is 2.00 bits per heavy atom. The molecule has 10 nitrogen and oxygen atoms in total. The first-order valence-electron chi connectivity index (χ1n) is 12.1. The van der Waals surface area contributed by atoms with Crippen molar-refractivity contribution in [2.45, 2.75) is 81.4 Å². The first-order valence-corrected chi connectivity index (χ1v) is 13.6. The Morgan fingerprint density at radius 3 is 2.67 bits per heavy atom. The molecule has 2 aromatic heterocycles. The predicted molar refractivity (Wildman–Crippen MR) is 137 cm³/mol. The molecular formula is C25H31N7O3S. The second kappa shape index (κ2) is 8.44. The Bertz CT molecular complexity index is 1530. The van der Waals surface area contributed by atoms with Crippen molar-refractivity contribution >= 4 is 32.4 Å². The highest BCUT2D eigenvalue weighted by atomic mass is 32.2. The number of nitriles is 1. The molecule has 0 bridgehead atoms. The number of aromatic amines is 1. The molecule has 3 heterocycles. The lowest BCUT2D eigenvalue weighted by Gasteiger charge is -2.38. The van der Waals surface area contributed by atoms with Gasteiger partial charge >= 0.3 is 0 Å². The van der Waals surface area contributed by atoms with E-state index in [2.05, 4.69) is 16.4 Å². The SMILES string of the molecule is CC(C)(C)N1Cc2cc(Nc3nn([C@]4(CC#N)CC[C@@H](N)CC4)c4cc[nH]c(=O)c34)ccc2S1(=O)=O. The maximum absolute atomic E-state index is 13.0. The van der Waals surface area contributed by atoms with Gasteiger partial charge in [-0.05, 0) is 76.3 Å². The molecule has 190 valence electrons. The van der Waals surface area contributed by atoms with Crippen molar-refractivity contribution in [1.29, 1.82) is 5.26 Å². The van der Waals surface area contributed by atoms with Crippen LogP contribution in [0.2, 0.25) is 0 Å². The summed E-state index contributed by atoms with van der Waals surface area (Å²) in [6.45, 7) is 5.89. The fraction of sp³-hybridized carbons (Fsp3) is 0.480. The molecular weight excluding hydrogens is 478 g/mol. The summed E-state index contributed by atoms with van der Waals surface area (Å²) in [4.78, 5) is 15.9. The number of anilines is 2. The number of sulfonamides is 1. The molecule has 11 heteroatoms. The van der Waals surface area contributed by atoms with Gasteiger partial charge in [0.05, 0.1) is 28.4 Å². The number of nitrogens with zero attached hydrogens (tertiary/aromatic N) is 4. The molecule has 0 unspecified atom stereocenters. The van der Waals surface area contributed by atoms with Crippen LogP contribution in [0.3, 0.4) is 0 Å². The molecule has 5 rings (SSSR count). The van der Waals surface area contributed by atoms with Gasteiger partial charge in [-0.3, -0.25) is 9.48 Å². The lowest BCUT2D eigenvalue weighted by molar-refractivity contribution is 0.173. The van der Waals surface area contributed by atoms with E-state index in [4.69, 9.17) is 10.8 Å². The minimum Gasteiger partial charge on any atom is -0.338 e. The number of rotatable bonds is 4. The fourth-order valence-electron chi connectivity index (χ4n) is 5.44. The van der Waals surface area contributed by atoms with Crippen molar-refractivity contribution in [3.8, 4) is 6.07 Å². The van der Waals surface area contributed by atoms with Crippen LogP contribution >= 0.6 is 0 Å². The number of pyridine rings is 1. The molecule has 1 aliphatic carbocycles. The number of aromatic nitrogens is 3. The number of H-pyrrole nitrogens is 1. The van der Waals surface area contributed by atoms with E-state index in [1.165, 1.54) is 4.31 Å². The highest BCUT2D eigenvalue weighted by Crippen LogP contribution is 2.41. The standard InChI is InChI=1S/C25H31N7O3S/c1-24(2,3)31-15-16-14-18(4-5-20(16)36(31,34)35)29-22-21-19(8-13-28-23(21)33)32(30-22)25(11-12-26)9-6-17(27)7-10-25/h4-5,8,13-14,17H,6-7,9-11,15,27H2,1-3H3,(H,28,33)(H,29,30)/t17-,25-. The average Bonchev–Trinajstić information content (AvgIpc) is 3.31. The molecule has 0 amide bonds. The zero-order valence-corrected chi connectivity index (χ0v) is 21.5. The molecule has 0 spiro atoms. The van der Waals surface area contributed by atoms with Crippen LogP contribution in [0.1, 0.15) is 58.4 Å². The molecule has 36 heavy (non-hydrogen) atoms. The summed E-state index contributed by atoms with van der Waals surface area (Å²) in [7, 11) is -3.57. The van der Waals surface area contributed by atoms with E-state index >= 15 is 0 Å². The lowest BCUT2D eigenvalue weighted by atomic mass is 9.77. The summed E-state index contributed by atoms with van der Waals surface area (Å²) in [5, 5.41) is 18.1. The van der Waals surface area contributed by atoms with E-state index in [9.17, 15) is 18.5 Å². The molecule has 1 saturated carbocycles. The largest absolute Gasteiger partial charge is 0.338 e. The van der Waals surface area contributed by atoms with Crippen LogP contribution in [-0.4, -0.2) is 39.1 Å². The molecule has 1 aliphatic heterocycles. The van der Waals surface area contributed by atoms with Gasteiger partial charge in [-0.2, -0.15) is 14.7 Å². The summed E-state index contributed by atoms with van der Waals surface area (Å²) >= 11 is 0. The van der Waals surface area contributed by atoms with Crippen molar-refractivity contribution in [2.24, 2.45) is 5.73 Å². The van der Waals surface area contributed by atoms with Crippen LogP contribution in [0.4, 0.5) is 11.5 Å². The quantitative estimate of drug-likeness (QED) is 0.488. The second-order valence-electron chi connectivity index (χ2n) is 10.9. The van der Waals surface area contributed by atoms with Gasteiger partial charge in [-0.25, -0.2) is 8.42 Å². The summed E-state index contributed by atoms with van der Waals surface area (Å²) < 4.78 is 29.4. The number of hydrogen-bond donors (Lipinski definition) is 3. The minimum atomic E-state index is -3.57. The van der Waals surface area contributed by atoms with Crippen molar-refractivity contribution in [3.05, 3.63) is 46.4 Å². The van der Waals surface area contributed by atoms with Gasteiger partial charge in [0.1, 0.15) is 5.39 Å². The Kier molecular flexibility index (Phi) is 5.74. The first kappa shape index (κ1) is 24.5. The first-order chi connectivity index (χ1) is 17.0. The predicted octanol–water partition coefficient (Wildman–Crippen LogP) is 3.28. The molecule has 0 atom stereocenters. The topological polar surface area (TPSA) is 150 Å². The summed E-state index contributed by atoms with van der Waals surface area (Å²) in [5.41, 5.74) is 6.74. The second-order valence-corrected chi connectivity index (χ2v) is 12.7. The monoisotopic (exact) mass is 509 g/mol. The maximum Gasteiger partial charge on any atom is 0.261 e.